The van der Waals surface area contributed by atoms with Crippen molar-refractivity contribution in [2.24, 2.45) is 0 Å². The molecule has 4 nitrogen and oxygen atoms in total. The maximum absolute atomic E-state index is 12.1. The molecule has 0 radical (unpaired) electrons. The van der Waals surface area contributed by atoms with Crippen LogP contribution < -0.4 is 0 Å². The number of pyridine rings is 1. The molecule has 0 N–H and O–H groups in total. The summed E-state index contributed by atoms with van der Waals surface area (Å²) in [6.07, 6.45) is 1.85. The number of hydrogen-bond acceptors (Lipinski definition) is 4. The number of fused-ring (bicyclic) bond motifs is 1. The number of aromatic nitrogens is 1. The molecule has 0 fully saturated rings. The minimum absolute atomic E-state index is 0.0831. The second-order valence-electron chi connectivity index (χ2n) is 3.99. The molecule has 1 aromatic carbocycles. The van der Waals surface area contributed by atoms with Crippen molar-refractivity contribution in [1.82, 2.24) is 4.98 Å². The number of Topliss-reactive ketones (excluding diaryl/α,β-unsaturated/α-hetero) is 1. The van der Waals surface area contributed by atoms with E-state index in [1.807, 2.05) is 18.2 Å². The lowest BCUT2D eigenvalue weighted by atomic mass is 10.0. The monoisotopic (exact) mass is 321 g/mol. The number of benzene rings is 1. The van der Waals surface area contributed by atoms with Crippen LogP contribution in [-0.4, -0.2) is 23.8 Å². The number of halogens is 1. The van der Waals surface area contributed by atoms with Crippen molar-refractivity contribution in [3.8, 4) is 0 Å². The zero-order valence-electron chi connectivity index (χ0n) is 10.4. The smallest absolute Gasteiger partial charge is 0.305 e. The maximum atomic E-state index is 12.1. The molecule has 0 aliphatic carbocycles. The third-order valence-electron chi connectivity index (χ3n) is 2.80. The van der Waals surface area contributed by atoms with Crippen LogP contribution in [0.1, 0.15) is 23.2 Å². The highest BCUT2D eigenvalue weighted by Crippen LogP contribution is 2.26. The number of ether oxygens (including phenoxy) is 1. The van der Waals surface area contributed by atoms with E-state index >= 15 is 0 Å². The SMILES string of the molecule is COC(=O)CCC(=O)c1ccc(Br)c2cccnc12. The molecule has 0 saturated carbocycles. The molecule has 0 saturated heterocycles. The Kier molecular flexibility index (Phi) is 4.27. The van der Waals surface area contributed by atoms with Crippen LogP contribution in [0.3, 0.4) is 0 Å². The van der Waals surface area contributed by atoms with Gasteiger partial charge in [0.1, 0.15) is 0 Å². The highest BCUT2D eigenvalue weighted by atomic mass is 79.9. The van der Waals surface area contributed by atoms with Crippen LogP contribution in [0.4, 0.5) is 0 Å². The molecule has 0 bridgehead atoms. The molecule has 1 aromatic heterocycles. The Bertz CT molecular complexity index is 640. The lowest BCUT2D eigenvalue weighted by molar-refractivity contribution is -0.140. The van der Waals surface area contributed by atoms with Crippen molar-refractivity contribution < 1.29 is 14.3 Å². The first-order chi connectivity index (χ1) is 9.13. The third-order valence-corrected chi connectivity index (χ3v) is 3.49. The summed E-state index contributed by atoms with van der Waals surface area (Å²) < 4.78 is 5.42. The number of carbonyl (C=O) groups is 2. The first-order valence-electron chi connectivity index (χ1n) is 5.76. The van der Waals surface area contributed by atoms with E-state index in [2.05, 4.69) is 25.7 Å². The van der Waals surface area contributed by atoms with Gasteiger partial charge in [-0.25, -0.2) is 0 Å². The average molecular weight is 322 g/mol. The van der Waals surface area contributed by atoms with Crippen LogP contribution in [-0.2, 0) is 9.53 Å². The molecule has 2 rings (SSSR count). The minimum atomic E-state index is -0.386. The normalized spacial score (nSPS) is 10.4. The van der Waals surface area contributed by atoms with E-state index in [9.17, 15) is 9.59 Å². The summed E-state index contributed by atoms with van der Waals surface area (Å²) in [5, 5.41) is 0.881. The number of rotatable bonds is 4. The van der Waals surface area contributed by atoms with Crippen LogP contribution in [0, 0.1) is 0 Å². The first-order valence-corrected chi connectivity index (χ1v) is 6.56. The summed E-state index contributed by atoms with van der Waals surface area (Å²) in [5.74, 6) is -0.496. The number of esters is 1. The Balaban J connectivity index is 2.32. The van der Waals surface area contributed by atoms with Crippen molar-refractivity contribution in [3.63, 3.8) is 0 Å². The molecular weight excluding hydrogens is 310 g/mol. The third kappa shape index (κ3) is 2.98. The lowest BCUT2D eigenvalue weighted by Gasteiger charge is -2.06. The van der Waals surface area contributed by atoms with E-state index in [-0.39, 0.29) is 24.6 Å². The molecule has 19 heavy (non-hydrogen) atoms. The minimum Gasteiger partial charge on any atom is -0.469 e. The predicted molar refractivity (Wildman–Crippen MR) is 75.0 cm³/mol. The number of nitrogens with zero attached hydrogens (tertiary/aromatic N) is 1. The molecule has 98 valence electrons. The van der Waals surface area contributed by atoms with Crippen LogP contribution >= 0.6 is 15.9 Å². The van der Waals surface area contributed by atoms with Crippen molar-refractivity contribution in [1.29, 1.82) is 0 Å². The van der Waals surface area contributed by atoms with Gasteiger partial charge in [-0.1, -0.05) is 22.0 Å². The molecule has 0 amide bonds. The molecule has 0 aliphatic heterocycles. The van der Waals surface area contributed by atoms with Gasteiger partial charge in [0, 0.05) is 28.0 Å². The molecule has 2 aromatic rings. The summed E-state index contributed by atoms with van der Waals surface area (Å²) in [6.45, 7) is 0. The Hall–Kier alpha value is -1.75. The van der Waals surface area contributed by atoms with Crippen LogP contribution in [0.15, 0.2) is 34.9 Å². The summed E-state index contributed by atoms with van der Waals surface area (Å²) in [7, 11) is 1.31. The van der Waals surface area contributed by atoms with E-state index < -0.39 is 0 Å². The fourth-order valence-electron chi connectivity index (χ4n) is 1.82. The molecule has 5 heteroatoms. The van der Waals surface area contributed by atoms with Gasteiger partial charge in [0.25, 0.3) is 0 Å². The largest absolute Gasteiger partial charge is 0.469 e. The Morgan fingerprint density at radius 3 is 2.79 bits per heavy atom. The van der Waals surface area contributed by atoms with E-state index in [0.717, 1.165) is 9.86 Å². The molecule has 0 unspecified atom stereocenters. The van der Waals surface area contributed by atoms with Gasteiger partial charge in [0.15, 0.2) is 5.78 Å². The summed E-state index contributed by atoms with van der Waals surface area (Å²) in [4.78, 5) is 27.4. The Labute approximate surface area is 118 Å². The van der Waals surface area contributed by atoms with Crippen LogP contribution in [0.25, 0.3) is 10.9 Å². The number of hydrogen-bond donors (Lipinski definition) is 0. The molecule has 0 spiro atoms. The van der Waals surface area contributed by atoms with Gasteiger partial charge in [0.2, 0.25) is 0 Å². The maximum Gasteiger partial charge on any atom is 0.305 e. The molecule has 1 heterocycles. The molecule has 0 atom stereocenters. The summed E-state index contributed by atoms with van der Waals surface area (Å²) in [6, 6.07) is 7.24. The first kappa shape index (κ1) is 13.7. The second kappa shape index (κ2) is 5.93. The van der Waals surface area contributed by atoms with Crippen molar-refractivity contribution >= 4 is 38.6 Å². The highest BCUT2D eigenvalue weighted by molar-refractivity contribution is 9.10. The average Bonchev–Trinajstić information content (AvgIpc) is 2.45. The van der Waals surface area contributed by atoms with Gasteiger partial charge in [-0.3, -0.25) is 14.6 Å². The van der Waals surface area contributed by atoms with E-state index in [1.54, 1.807) is 12.3 Å². The molecule has 0 aliphatic rings. The number of ketones is 1. The van der Waals surface area contributed by atoms with Gasteiger partial charge in [-0.05, 0) is 18.2 Å². The zero-order valence-corrected chi connectivity index (χ0v) is 11.9. The standard InChI is InChI=1S/C14H12BrNO3/c1-19-13(18)7-6-12(17)10-4-5-11(15)9-3-2-8-16-14(9)10/h2-5,8H,6-7H2,1H3. The predicted octanol–water partition coefficient (Wildman–Crippen LogP) is 3.13. The highest BCUT2D eigenvalue weighted by Gasteiger charge is 2.14. The van der Waals surface area contributed by atoms with Crippen molar-refractivity contribution in [2.75, 3.05) is 7.11 Å². The van der Waals surface area contributed by atoms with Crippen molar-refractivity contribution in [3.05, 3.63) is 40.5 Å². The van der Waals surface area contributed by atoms with Crippen molar-refractivity contribution in [2.45, 2.75) is 12.8 Å². The zero-order chi connectivity index (χ0) is 13.8. The van der Waals surface area contributed by atoms with Crippen LogP contribution in [0.5, 0.6) is 0 Å². The Morgan fingerprint density at radius 1 is 1.26 bits per heavy atom. The fraction of sp³-hybridized carbons (Fsp3) is 0.214. The fourth-order valence-corrected chi connectivity index (χ4v) is 2.27. The van der Waals surface area contributed by atoms with Gasteiger partial charge >= 0.3 is 5.97 Å². The van der Waals surface area contributed by atoms with E-state index in [1.165, 1.54) is 7.11 Å². The molecular formula is C14H12BrNO3. The van der Waals surface area contributed by atoms with Gasteiger partial charge in [-0.15, -0.1) is 0 Å². The number of carbonyl (C=O) groups excluding carboxylic acids is 2. The van der Waals surface area contributed by atoms with Gasteiger partial charge in [-0.2, -0.15) is 0 Å². The summed E-state index contributed by atoms with van der Waals surface area (Å²) in [5.41, 5.74) is 1.18. The topological polar surface area (TPSA) is 56.3 Å². The van der Waals surface area contributed by atoms with Gasteiger partial charge in [0.05, 0.1) is 19.0 Å². The summed E-state index contributed by atoms with van der Waals surface area (Å²) >= 11 is 3.43. The quantitative estimate of drug-likeness (QED) is 0.641. The van der Waals surface area contributed by atoms with E-state index in [0.29, 0.717) is 11.1 Å². The lowest BCUT2D eigenvalue weighted by Crippen LogP contribution is -2.07. The van der Waals surface area contributed by atoms with Gasteiger partial charge < -0.3 is 4.74 Å². The Morgan fingerprint density at radius 2 is 2.05 bits per heavy atom. The number of methoxy groups -OCH3 is 1. The van der Waals surface area contributed by atoms with Crippen LogP contribution in [0.2, 0.25) is 0 Å². The van der Waals surface area contributed by atoms with E-state index in [4.69, 9.17) is 0 Å². The second-order valence-corrected chi connectivity index (χ2v) is 4.85.